The quantitative estimate of drug-likeness (QED) is 0.939. The lowest BCUT2D eigenvalue weighted by atomic mass is 10.1. The van der Waals surface area contributed by atoms with Crippen molar-refractivity contribution in [2.45, 2.75) is 25.8 Å². The first-order chi connectivity index (χ1) is 11.5. The van der Waals surface area contributed by atoms with Gasteiger partial charge in [0.15, 0.2) is 0 Å². The zero-order chi connectivity index (χ0) is 17.1. The Kier molecular flexibility index (Phi) is 4.60. The summed E-state index contributed by atoms with van der Waals surface area (Å²) < 4.78 is 13.2. The minimum absolute atomic E-state index is 0.0616. The van der Waals surface area contributed by atoms with Crippen LogP contribution < -0.4 is 10.2 Å². The van der Waals surface area contributed by atoms with Crippen molar-refractivity contribution in [3.63, 3.8) is 0 Å². The predicted molar refractivity (Wildman–Crippen MR) is 90.2 cm³/mol. The highest BCUT2D eigenvalue weighted by Crippen LogP contribution is 2.22. The van der Waals surface area contributed by atoms with Crippen LogP contribution in [0, 0.1) is 12.7 Å². The minimum atomic E-state index is -0.521. The van der Waals surface area contributed by atoms with Crippen LogP contribution in [0.15, 0.2) is 48.5 Å². The fourth-order valence-corrected chi connectivity index (χ4v) is 2.87. The summed E-state index contributed by atoms with van der Waals surface area (Å²) in [6.07, 6.45) is 0.633. The number of amides is 2. The maximum absolute atomic E-state index is 13.2. The van der Waals surface area contributed by atoms with E-state index in [0.717, 1.165) is 11.3 Å². The van der Waals surface area contributed by atoms with Gasteiger partial charge in [0.25, 0.3) is 0 Å². The summed E-state index contributed by atoms with van der Waals surface area (Å²) in [4.78, 5) is 26.3. The predicted octanol–water partition coefficient (Wildman–Crippen LogP) is 2.60. The van der Waals surface area contributed by atoms with Crippen LogP contribution in [-0.4, -0.2) is 24.4 Å². The van der Waals surface area contributed by atoms with E-state index in [2.05, 4.69) is 5.32 Å². The van der Waals surface area contributed by atoms with E-state index >= 15 is 0 Å². The van der Waals surface area contributed by atoms with Gasteiger partial charge in [-0.25, -0.2) is 4.39 Å². The molecule has 4 nitrogen and oxygen atoms in total. The van der Waals surface area contributed by atoms with Gasteiger partial charge in [-0.1, -0.05) is 29.8 Å². The normalized spacial score (nSPS) is 17.2. The van der Waals surface area contributed by atoms with Crippen LogP contribution in [0.25, 0.3) is 0 Å². The zero-order valence-electron chi connectivity index (χ0n) is 13.5. The smallest absolute Gasteiger partial charge is 0.249 e. The van der Waals surface area contributed by atoms with Crippen molar-refractivity contribution in [2.24, 2.45) is 0 Å². The highest BCUT2D eigenvalue weighted by Gasteiger charge is 2.33. The Morgan fingerprint density at radius 3 is 2.71 bits per heavy atom. The van der Waals surface area contributed by atoms with Crippen LogP contribution in [-0.2, 0) is 16.0 Å². The van der Waals surface area contributed by atoms with Gasteiger partial charge >= 0.3 is 0 Å². The molecule has 2 amide bonds. The third kappa shape index (κ3) is 3.62. The van der Waals surface area contributed by atoms with Crippen molar-refractivity contribution in [2.75, 3.05) is 11.4 Å². The molecule has 124 valence electrons. The third-order valence-electron chi connectivity index (χ3n) is 4.14. The molecule has 0 aromatic heterocycles. The highest BCUT2D eigenvalue weighted by atomic mass is 19.1. The second kappa shape index (κ2) is 6.83. The van der Waals surface area contributed by atoms with Crippen LogP contribution in [0.2, 0.25) is 0 Å². The Balaban J connectivity index is 1.61. The molecule has 0 bridgehead atoms. The lowest BCUT2D eigenvalue weighted by molar-refractivity contribution is -0.126. The maximum Gasteiger partial charge on any atom is 0.249 e. The molecule has 1 aliphatic rings. The fraction of sp³-hybridized carbons (Fsp3) is 0.263. The van der Waals surface area contributed by atoms with Gasteiger partial charge in [0.2, 0.25) is 11.8 Å². The van der Waals surface area contributed by atoms with E-state index in [0.29, 0.717) is 18.5 Å². The molecular formula is C19H19FN2O2. The molecule has 2 aromatic rings. The summed E-state index contributed by atoms with van der Waals surface area (Å²) >= 11 is 0. The van der Waals surface area contributed by atoms with Gasteiger partial charge in [-0.3, -0.25) is 9.59 Å². The van der Waals surface area contributed by atoms with Gasteiger partial charge in [0, 0.05) is 12.2 Å². The molecule has 24 heavy (non-hydrogen) atoms. The molecule has 1 aliphatic heterocycles. The molecule has 1 atom stereocenters. The first-order valence-electron chi connectivity index (χ1n) is 7.95. The lowest BCUT2D eigenvalue weighted by Crippen LogP contribution is -2.42. The molecule has 0 unspecified atom stereocenters. The third-order valence-corrected chi connectivity index (χ3v) is 4.14. The zero-order valence-corrected chi connectivity index (χ0v) is 13.5. The van der Waals surface area contributed by atoms with Crippen molar-refractivity contribution >= 4 is 17.5 Å². The average molecular weight is 326 g/mol. The Morgan fingerprint density at radius 1 is 1.25 bits per heavy atom. The number of anilines is 1. The topological polar surface area (TPSA) is 49.4 Å². The summed E-state index contributed by atoms with van der Waals surface area (Å²) in [5, 5.41) is 2.76. The number of hydrogen-bond donors (Lipinski definition) is 1. The number of hydrogen-bond acceptors (Lipinski definition) is 2. The van der Waals surface area contributed by atoms with Crippen molar-refractivity contribution < 1.29 is 14.0 Å². The van der Waals surface area contributed by atoms with Gasteiger partial charge in [0.1, 0.15) is 11.9 Å². The molecule has 0 spiro atoms. The second-order valence-electron chi connectivity index (χ2n) is 6.04. The van der Waals surface area contributed by atoms with Gasteiger partial charge < -0.3 is 10.2 Å². The van der Waals surface area contributed by atoms with Crippen LogP contribution in [0.4, 0.5) is 10.1 Å². The number of carbonyl (C=O) groups excluding carboxylic acids is 2. The van der Waals surface area contributed by atoms with E-state index in [1.807, 2.05) is 31.2 Å². The number of rotatable bonds is 4. The van der Waals surface area contributed by atoms with Gasteiger partial charge in [-0.15, -0.1) is 0 Å². The molecule has 0 aliphatic carbocycles. The highest BCUT2D eigenvalue weighted by molar-refractivity contribution is 6.01. The molecule has 1 heterocycles. The molecule has 3 rings (SSSR count). The molecule has 0 radical (unpaired) electrons. The SMILES string of the molecule is Cc1ccc(N2CC[C@@H](NC(=O)Cc3cccc(F)c3)C2=O)cc1. The number of nitrogens with one attached hydrogen (secondary N) is 1. The van der Waals surface area contributed by atoms with Crippen molar-refractivity contribution in [3.8, 4) is 0 Å². The Morgan fingerprint density at radius 2 is 2.00 bits per heavy atom. The average Bonchev–Trinajstić information content (AvgIpc) is 2.89. The van der Waals surface area contributed by atoms with Crippen molar-refractivity contribution in [3.05, 3.63) is 65.5 Å². The van der Waals surface area contributed by atoms with Crippen LogP contribution in [0.5, 0.6) is 0 Å². The Hall–Kier alpha value is -2.69. The standard InChI is InChI=1S/C19H19FN2O2/c1-13-5-7-16(8-6-13)22-10-9-17(19(22)24)21-18(23)12-14-3-2-4-15(20)11-14/h2-8,11,17H,9-10,12H2,1H3,(H,21,23)/t17-/m1/s1. The number of carbonyl (C=O) groups is 2. The van der Waals surface area contributed by atoms with E-state index in [-0.39, 0.29) is 24.1 Å². The van der Waals surface area contributed by atoms with Gasteiger partial charge in [-0.05, 0) is 43.2 Å². The second-order valence-corrected chi connectivity index (χ2v) is 6.04. The molecular weight excluding hydrogens is 307 g/mol. The van der Waals surface area contributed by atoms with E-state index in [1.54, 1.807) is 17.0 Å². The largest absolute Gasteiger partial charge is 0.344 e. The van der Waals surface area contributed by atoms with E-state index < -0.39 is 6.04 Å². The van der Waals surface area contributed by atoms with E-state index in [9.17, 15) is 14.0 Å². The van der Waals surface area contributed by atoms with Crippen molar-refractivity contribution in [1.82, 2.24) is 5.32 Å². The first kappa shape index (κ1) is 16.2. The number of aryl methyl sites for hydroxylation is 1. The van der Waals surface area contributed by atoms with Gasteiger partial charge in [0.05, 0.1) is 6.42 Å². The summed E-state index contributed by atoms with van der Waals surface area (Å²) in [6, 6.07) is 13.1. The van der Waals surface area contributed by atoms with Crippen LogP contribution in [0.1, 0.15) is 17.5 Å². The number of halogens is 1. The summed E-state index contributed by atoms with van der Waals surface area (Å²) in [5.41, 5.74) is 2.56. The van der Waals surface area contributed by atoms with Crippen LogP contribution in [0.3, 0.4) is 0 Å². The molecule has 1 fully saturated rings. The number of benzene rings is 2. The van der Waals surface area contributed by atoms with E-state index in [4.69, 9.17) is 0 Å². The Bertz CT molecular complexity index is 758. The molecule has 5 heteroatoms. The fourth-order valence-electron chi connectivity index (χ4n) is 2.87. The molecule has 1 N–H and O–H groups in total. The first-order valence-corrected chi connectivity index (χ1v) is 7.95. The summed E-state index contributed by atoms with van der Waals surface area (Å²) in [5.74, 6) is -0.751. The summed E-state index contributed by atoms with van der Waals surface area (Å²) in [7, 11) is 0. The molecule has 2 aromatic carbocycles. The van der Waals surface area contributed by atoms with Crippen LogP contribution >= 0.6 is 0 Å². The summed E-state index contributed by atoms with van der Waals surface area (Å²) in [6.45, 7) is 2.57. The van der Waals surface area contributed by atoms with Crippen molar-refractivity contribution in [1.29, 1.82) is 0 Å². The molecule has 0 saturated carbocycles. The minimum Gasteiger partial charge on any atom is -0.344 e. The maximum atomic E-state index is 13.2. The molecule has 1 saturated heterocycles. The lowest BCUT2D eigenvalue weighted by Gasteiger charge is -2.17. The Labute approximate surface area is 140 Å². The van der Waals surface area contributed by atoms with E-state index in [1.165, 1.54) is 12.1 Å². The monoisotopic (exact) mass is 326 g/mol. The van der Waals surface area contributed by atoms with Gasteiger partial charge in [-0.2, -0.15) is 0 Å². The number of nitrogens with zero attached hydrogens (tertiary/aromatic N) is 1.